The van der Waals surface area contributed by atoms with E-state index in [1.807, 2.05) is 11.4 Å². The second-order valence-electron chi connectivity index (χ2n) is 4.69. The molecule has 1 aliphatic rings. The molecule has 1 saturated heterocycles. The number of nitrogens with zero attached hydrogens (tertiary/aromatic N) is 4. The van der Waals surface area contributed by atoms with Crippen molar-refractivity contribution in [3.8, 4) is 0 Å². The molecule has 1 fully saturated rings. The molecule has 1 N–H and O–H groups in total. The molecule has 0 bridgehead atoms. The van der Waals surface area contributed by atoms with Gasteiger partial charge in [-0.1, -0.05) is 11.3 Å². The van der Waals surface area contributed by atoms with Crippen LogP contribution in [-0.2, 0) is 6.42 Å². The average Bonchev–Trinajstić information content (AvgIpc) is 2.91. The molecular formula is C11H17N5S. The lowest BCUT2D eigenvalue weighted by atomic mass is 9.95. The summed E-state index contributed by atoms with van der Waals surface area (Å²) in [6.45, 7) is 4.30. The van der Waals surface area contributed by atoms with Crippen molar-refractivity contribution in [3.05, 3.63) is 10.8 Å². The number of fused-ring (bicyclic) bond motifs is 1. The normalized spacial score (nSPS) is 21.1. The van der Waals surface area contributed by atoms with Gasteiger partial charge in [-0.3, -0.25) is 0 Å². The topological polar surface area (TPSA) is 55.1 Å². The third kappa shape index (κ3) is 2.32. The fourth-order valence-corrected chi connectivity index (χ4v) is 3.25. The van der Waals surface area contributed by atoms with E-state index >= 15 is 0 Å². The molecule has 1 unspecified atom stereocenters. The quantitative estimate of drug-likeness (QED) is 0.896. The maximum atomic E-state index is 4.55. The molecule has 0 aliphatic carbocycles. The highest BCUT2D eigenvalue weighted by Crippen LogP contribution is 2.20. The molecule has 1 atom stereocenters. The van der Waals surface area contributed by atoms with Crippen molar-refractivity contribution in [3.63, 3.8) is 0 Å². The van der Waals surface area contributed by atoms with Gasteiger partial charge in [0.1, 0.15) is 5.01 Å². The Morgan fingerprint density at radius 3 is 3.18 bits per heavy atom. The number of piperidine rings is 1. The van der Waals surface area contributed by atoms with Crippen LogP contribution in [-0.4, -0.2) is 32.9 Å². The first-order valence-corrected chi connectivity index (χ1v) is 7.03. The van der Waals surface area contributed by atoms with Gasteiger partial charge in [0, 0.05) is 6.42 Å². The summed E-state index contributed by atoms with van der Waals surface area (Å²) in [5.74, 6) is 1.70. The minimum absolute atomic E-state index is 0.819. The summed E-state index contributed by atoms with van der Waals surface area (Å²) in [4.78, 5) is 0.916. The zero-order valence-corrected chi connectivity index (χ0v) is 10.8. The highest BCUT2D eigenvalue weighted by Gasteiger charge is 2.14. The predicted molar refractivity (Wildman–Crippen MR) is 67.3 cm³/mol. The van der Waals surface area contributed by atoms with Gasteiger partial charge in [-0.05, 0) is 45.2 Å². The van der Waals surface area contributed by atoms with Gasteiger partial charge in [0.05, 0.1) is 0 Å². The first-order chi connectivity index (χ1) is 8.33. The van der Waals surface area contributed by atoms with Gasteiger partial charge >= 0.3 is 0 Å². The number of rotatable bonds is 3. The summed E-state index contributed by atoms with van der Waals surface area (Å²) in [6, 6.07) is 0. The molecule has 0 amide bonds. The van der Waals surface area contributed by atoms with Gasteiger partial charge in [-0.25, -0.2) is 0 Å². The van der Waals surface area contributed by atoms with E-state index in [1.165, 1.54) is 37.4 Å². The minimum atomic E-state index is 0.819. The highest BCUT2D eigenvalue weighted by molar-refractivity contribution is 7.16. The number of aryl methyl sites for hydroxylation is 2. The maximum Gasteiger partial charge on any atom is 0.234 e. The van der Waals surface area contributed by atoms with E-state index in [1.54, 1.807) is 11.3 Å². The lowest BCUT2D eigenvalue weighted by Gasteiger charge is -2.21. The van der Waals surface area contributed by atoms with Gasteiger partial charge in [-0.15, -0.1) is 10.2 Å². The Morgan fingerprint density at radius 1 is 1.47 bits per heavy atom. The zero-order valence-electron chi connectivity index (χ0n) is 10.0. The van der Waals surface area contributed by atoms with Crippen molar-refractivity contribution < 1.29 is 0 Å². The first kappa shape index (κ1) is 11.1. The monoisotopic (exact) mass is 251 g/mol. The summed E-state index contributed by atoms with van der Waals surface area (Å²) < 4.78 is 1.85. The van der Waals surface area contributed by atoms with Crippen LogP contribution in [0.1, 0.15) is 30.1 Å². The molecule has 0 saturated carbocycles. The summed E-state index contributed by atoms with van der Waals surface area (Å²) >= 11 is 1.66. The van der Waals surface area contributed by atoms with Gasteiger partial charge in [0.2, 0.25) is 4.96 Å². The number of aromatic nitrogens is 4. The van der Waals surface area contributed by atoms with Crippen LogP contribution in [0, 0.1) is 12.8 Å². The Balaban J connectivity index is 1.64. The van der Waals surface area contributed by atoms with Crippen LogP contribution in [0.5, 0.6) is 0 Å². The third-order valence-corrected chi connectivity index (χ3v) is 4.31. The van der Waals surface area contributed by atoms with Crippen LogP contribution in [0.15, 0.2) is 0 Å². The molecule has 1 aliphatic heterocycles. The van der Waals surface area contributed by atoms with Crippen molar-refractivity contribution in [1.82, 2.24) is 25.1 Å². The molecule has 92 valence electrons. The Labute approximate surface area is 104 Å². The van der Waals surface area contributed by atoms with Gasteiger partial charge < -0.3 is 5.32 Å². The van der Waals surface area contributed by atoms with E-state index < -0.39 is 0 Å². The Morgan fingerprint density at radius 2 is 2.41 bits per heavy atom. The summed E-state index contributed by atoms with van der Waals surface area (Å²) in [7, 11) is 0. The van der Waals surface area contributed by atoms with E-state index in [0.29, 0.717) is 0 Å². The van der Waals surface area contributed by atoms with Crippen LogP contribution in [0.3, 0.4) is 0 Å². The lowest BCUT2D eigenvalue weighted by molar-refractivity contribution is 0.357. The fraction of sp³-hybridized carbons (Fsp3) is 0.727. The predicted octanol–water partition coefficient (Wildman–Crippen LogP) is 1.43. The SMILES string of the molecule is Cc1nnc2sc(CCC3CCCNC3)nn12. The van der Waals surface area contributed by atoms with Gasteiger partial charge in [-0.2, -0.15) is 9.61 Å². The fourth-order valence-electron chi connectivity index (χ4n) is 2.35. The molecule has 0 aromatic carbocycles. The van der Waals surface area contributed by atoms with Crippen molar-refractivity contribution >= 4 is 16.3 Å². The van der Waals surface area contributed by atoms with E-state index in [2.05, 4.69) is 20.6 Å². The summed E-state index contributed by atoms with van der Waals surface area (Å²) in [6.07, 6.45) is 4.97. The van der Waals surface area contributed by atoms with Gasteiger partial charge in [0.15, 0.2) is 5.82 Å². The Bertz CT molecular complexity index is 497. The molecule has 0 radical (unpaired) electrons. The molecular weight excluding hydrogens is 234 g/mol. The largest absolute Gasteiger partial charge is 0.316 e. The van der Waals surface area contributed by atoms with E-state index in [-0.39, 0.29) is 0 Å². The van der Waals surface area contributed by atoms with Crippen LogP contribution < -0.4 is 5.32 Å². The standard InChI is InChI=1S/C11H17N5S/c1-8-13-14-11-16(8)15-10(17-11)5-4-9-3-2-6-12-7-9/h9,12H,2-7H2,1H3. The molecule has 3 rings (SSSR count). The molecule has 3 heterocycles. The van der Waals surface area contributed by atoms with Crippen LogP contribution >= 0.6 is 11.3 Å². The number of hydrogen-bond donors (Lipinski definition) is 1. The van der Waals surface area contributed by atoms with E-state index in [9.17, 15) is 0 Å². The smallest absolute Gasteiger partial charge is 0.234 e. The maximum absolute atomic E-state index is 4.55. The van der Waals surface area contributed by atoms with Gasteiger partial charge in [0.25, 0.3) is 0 Å². The van der Waals surface area contributed by atoms with E-state index in [0.717, 1.165) is 23.1 Å². The molecule has 6 heteroatoms. The van der Waals surface area contributed by atoms with Crippen molar-refractivity contribution in [1.29, 1.82) is 0 Å². The van der Waals surface area contributed by atoms with Crippen LogP contribution in [0.4, 0.5) is 0 Å². The second kappa shape index (κ2) is 4.70. The first-order valence-electron chi connectivity index (χ1n) is 6.21. The number of hydrogen-bond acceptors (Lipinski definition) is 5. The molecule has 5 nitrogen and oxygen atoms in total. The average molecular weight is 251 g/mol. The third-order valence-electron chi connectivity index (χ3n) is 3.35. The lowest BCUT2D eigenvalue weighted by Crippen LogP contribution is -2.29. The van der Waals surface area contributed by atoms with Crippen molar-refractivity contribution in [2.24, 2.45) is 5.92 Å². The van der Waals surface area contributed by atoms with Crippen molar-refractivity contribution in [2.75, 3.05) is 13.1 Å². The highest BCUT2D eigenvalue weighted by atomic mass is 32.1. The molecule has 2 aromatic rings. The zero-order chi connectivity index (χ0) is 11.7. The Hall–Kier alpha value is -1.01. The van der Waals surface area contributed by atoms with Crippen LogP contribution in [0.25, 0.3) is 4.96 Å². The van der Waals surface area contributed by atoms with E-state index in [4.69, 9.17) is 0 Å². The van der Waals surface area contributed by atoms with Crippen molar-refractivity contribution in [2.45, 2.75) is 32.6 Å². The Kier molecular flexibility index (Phi) is 3.07. The summed E-state index contributed by atoms with van der Waals surface area (Å²) in [5, 5.41) is 17.3. The summed E-state index contributed by atoms with van der Waals surface area (Å²) in [5.41, 5.74) is 0. The van der Waals surface area contributed by atoms with Crippen LogP contribution in [0.2, 0.25) is 0 Å². The molecule has 17 heavy (non-hydrogen) atoms. The second-order valence-corrected chi connectivity index (χ2v) is 5.73. The molecule has 2 aromatic heterocycles. The number of nitrogens with one attached hydrogen (secondary N) is 1. The minimum Gasteiger partial charge on any atom is -0.316 e. The molecule has 0 spiro atoms.